The molecule has 0 aromatic heterocycles. The third kappa shape index (κ3) is 6.58. The van der Waals surface area contributed by atoms with E-state index in [1.165, 1.54) is 25.7 Å². The molecule has 1 aromatic rings. The van der Waals surface area contributed by atoms with Crippen LogP contribution in [0, 0.1) is 0 Å². The molecule has 4 heteroatoms. The number of nitrogens with one attached hydrogen (secondary N) is 1. The molecule has 21 heavy (non-hydrogen) atoms. The zero-order valence-electron chi connectivity index (χ0n) is 13.5. The van der Waals surface area contributed by atoms with Gasteiger partial charge >= 0.3 is 0 Å². The number of hydrogen-bond acceptors (Lipinski definition) is 3. The predicted octanol–water partition coefficient (Wildman–Crippen LogP) is 4.81. The number of methoxy groups -OCH3 is 1. The lowest BCUT2D eigenvalue weighted by molar-refractivity contribution is 0.285. The van der Waals surface area contributed by atoms with Crippen molar-refractivity contribution in [3.05, 3.63) is 22.7 Å². The molecule has 0 aliphatic carbocycles. The highest BCUT2D eigenvalue weighted by molar-refractivity contribution is 6.32. The summed E-state index contributed by atoms with van der Waals surface area (Å²) in [5.41, 5.74) is 1.11. The fraction of sp³-hybridized carbons (Fsp3) is 0.647. The van der Waals surface area contributed by atoms with E-state index in [1.54, 1.807) is 7.11 Å². The van der Waals surface area contributed by atoms with Crippen LogP contribution in [0.5, 0.6) is 11.5 Å². The molecule has 0 amide bonds. The molecule has 1 aromatic carbocycles. The quantitative estimate of drug-likeness (QED) is 0.595. The van der Waals surface area contributed by atoms with E-state index in [2.05, 4.69) is 19.2 Å². The van der Waals surface area contributed by atoms with E-state index in [4.69, 9.17) is 21.1 Å². The third-order valence-electron chi connectivity index (χ3n) is 3.36. The summed E-state index contributed by atoms with van der Waals surface area (Å²) in [4.78, 5) is 0. The van der Waals surface area contributed by atoms with Gasteiger partial charge in [-0.15, -0.1) is 0 Å². The van der Waals surface area contributed by atoms with E-state index in [9.17, 15) is 0 Å². The second-order valence-corrected chi connectivity index (χ2v) is 5.56. The van der Waals surface area contributed by atoms with E-state index < -0.39 is 0 Å². The molecule has 1 rings (SSSR count). The lowest BCUT2D eigenvalue weighted by atomic mass is 10.1. The number of rotatable bonds is 11. The number of benzene rings is 1. The Bertz CT molecular complexity index is 410. The molecule has 1 N–H and O–H groups in total. The fourth-order valence-electron chi connectivity index (χ4n) is 2.16. The first-order valence-electron chi connectivity index (χ1n) is 7.92. The van der Waals surface area contributed by atoms with E-state index in [0.29, 0.717) is 23.1 Å². The largest absolute Gasteiger partial charge is 0.493 e. The molecular weight excluding hydrogens is 286 g/mol. The SMILES string of the molecule is CCCCCCCOc1c(Cl)cc(CNCC)cc1OC. The lowest BCUT2D eigenvalue weighted by Crippen LogP contribution is -2.12. The second kappa shape index (κ2) is 10.7. The van der Waals surface area contributed by atoms with E-state index in [-0.39, 0.29) is 0 Å². The Morgan fingerprint density at radius 1 is 1.10 bits per heavy atom. The Balaban J connectivity index is 2.56. The van der Waals surface area contributed by atoms with E-state index in [0.717, 1.165) is 25.1 Å². The maximum absolute atomic E-state index is 6.32. The standard InChI is InChI=1S/C17H28ClNO2/c1-4-6-7-8-9-10-21-17-15(18)11-14(13-19-5-2)12-16(17)20-3/h11-12,19H,4-10,13H2,1-3H3. The summed E-state index contributed by atoms with van der Waals surface area (Å²) in [5, 5.41) is 3.90. The molecule has 0 aliphatic rings. The molecule has 0 aliphatic heterocycles. The maximum atomic E-state index is 6.32. The lowest BCUT2D eigenvalue weighted by Gasteiger charge is -2.14. The van der Waals surface area contributed by atoms with Crippen LogP contribution in [0.15, 0.2) is 12.1 Å². The summed E-state index contributed by atoms with van der Waals surface area (Å²) in [6, 6.07) is 3.93. The molecule has 0 spiro atoms. The van der Waals surface area contributed by atoms with Crippen LogP contribution in [0.1, 0.15) is 51.5 Å². The first kappa shape index (κ1) is 18.1. The number of unbranched alkanes of at least 4 members (excludes halogenated alkanes) is 4. The van der Waals surface area contributed by atoms with Gasteiger partial charge in [-0.1, -0.05) is 51.1 Å². The number of ether oxygens (including phenoxy) is 2. The molecular formula is C17H28ClNO2. The van der Waals surface area contributed by atoms with Crippen molar-refractivity contribution in [1.82, 2.24) is 5.32 Å². The van der Waals surface area contributed by atoms with Crippen molar-refractivity contribution < 1.29 is 9.47 Å². The Morgan fingerprint density at radius 3 is 2.52 bits per heavy atom. The van der Waals surface area contributed by atoms with Gasteiger partial charge in [-0.25, -0.2) is 0 Å². The average molecular weight is 314 g/mol. The van der Waals surface area contributed by atoms with Gasteiger partial charge in [0.1, 0.15) is 0 Å². The Hall–Kier alpha value is -0.930. The van der Waals surface area contributed by atoms with Crippen LogP contribution >= 0.6 is 11.6 Å². The van der Waals surface area contributed by atoms with Gasteiger partial charge in [-0.05, 0) is 30.7 Å². The normalized spacial score (nSPS) is 10.7. The van der Waals surface area contributed by atoms with Crippen LogP contribution < -0.4 is 14.8 Å². The van der Waals surface area contributed by atoms with Crippen LogP contribution in [0.3, 0.4) is 0 Å². The van der Waals surface area contributed by atoms with Gasteiger partial charge in [0.2, 0.25) is 0 Å². The highest BCUT2D eigenvalue weighted by Crippen LogP contribution is 2.36. The van der Waals surface area contributed by atoms with E-state index >= 15 is 0 Å². The minimum atomic E-state index is 0.621. The monoisotopic (exact) mass is 313 g/mol. The maximum Gasteiger partial charge on any atom is 0.179 e. The third-order valence-corrected chi connectivity index (χ3v) is 3.64. The van der Waals surface area contributed by atoms with Gasteiger partial charge in [0.15, 0.2) is 11.5 Å². The van der Waals surface area contributed by atoms with Gasteiger partial charge in [0, 0.05) is 6.54 Å². The Kier molecular flexibility index (Phi) is 9.27. The molecule has 0 bridgehead atoms. The molecule has 0 fully saturated rings. The topological polar surface area (TPSA) is 30.5 Å². The van der Waals surface area contributed by atoms with Crippen LogP contribution in [0.25, 0.3) is 0 Å². The summed E-state index contributed by atoms with van der Waals surface area (Å²) in [6.45, 7) is 6.69. The second-order valence-electron chi connectivity index (χ2n) is 5.15. The van der Waals surface area contributed by atoms with Crippen LogP contribution in [-0.2, 0) is 6.54 Å². The van der Waals surface area contributed by atoms with Crippen molar-refractivity contribution in [3.8, 4) is 11.5 Å². The van der Waals surface area contributed by atoms with Gasteiger partial charge < -0.3 is 14.8 Å². The highest BCUT2D eigenvalue weighted by Gasteiger charge is 2.11. The van der Waals surface area contributed by atoms with Crippen LogP contribution in [0.4, 0.5) is 0 Å². The first-order valence-corrected chi connectivity index (χ1v) is 8.30. The molecule has 0 saturated heterocycles. The summed E-state index contributed by atoms with van der Waals surface area (Å²) in [6.07, 6.45) is 6.08. The van der Waals surface area contributed by atoms with Crippen molar-refractivity contribution >= 4 is 11.6 Å². The summed E-state index contributed by atoms with van der Waals surface area (Å²) < 4.78 is 11.2. The molecule has 0 saturated carbocycles. The Morgan fingerprint density at radius 2 is 1.86 bits per heavy atom. The number of hydrogen-bond donors (Lipinski definition) is 1. The zero-order valence-corrected chi connectivity index (χ0v) is 14.3. The molecule has 0 heterocycles. The first-order chi connectivity index (χ1) is 10.2. The molecule has 0 unspecified atom stereocenters. The van der Waals surface area contributed by atoms with Crippen molar-refractivity contribution in [1.29, 1.82) is 0 Å². The summed E-state index contributed by atoms with van der Waals surface area (Å²) in [5.74, 6) is 1.37. The molecule has 0 atom stereocenters. The minimum Gasteiger partial charge on any atom is -0.493 e. The minimum absolute atomic E-state index is 0.621. The van der Waals surface area contributed by atoms with E-state index in [1.807, 2.05) is 12.1 Å². The van der Waals surface area contributed by atoms with Crippen LogP contribution in [-0.4, -0.2) is 20.3 Å². The van der Waals surface area contributed by atoms with Crippen molar-refractivity contribution in [2.24, 2.45) is 0 Å². The van der Waals surface area contributed by atoms with Crippen molar-refractivity contribution in [2.75, 3.05) is 20.3 Å². The van der Waals surface area contributed by atoms with Crippen molar-refractivity contribution in [2.45, 2.75) is 52.5 Å². The van der Waals surface area contributed by atoms with Gasteiger partial charge in [-0.2, -0.15) is 0 Å². The van der Waals surface area contributed by atoms with Gasteiger partial charge in [0.25, 0.3) is 0 Å². The van der Waals surface area contributed by atoms with Crippen LogP contribution in [0.2, 0.25) is 5.02 Å². The molecule has 0 radical (unpaired) electrons. The Labute approximate surface area is 134 Å². The van der Waals surface area contributed by atoms with Crippen molar-refractivity contribution in [3.63, 3.8) is 0 Å². The molecule has 3 nitrogen and oxygen atoms in total. The number of halogens is 1. The zero-order chi connectivity index (χ0) is 15.5. The molecule has 120 valence electrons. The van der Waals surface area contributed by atoms with Gasteiger partial charge in [-0.3, -0.25) is 0 Å². The average Bonchev–Trinajstić information content (AvgIpc) is 2.49. The summed E-state index contributed by atoms with van der Waals surface area (Å²) >= 11 is 6.32. The van der Waals surface area contributed by atoms with Gasteiger partial charge in [0.05, 0.1) is 18.7 Å². The predicted molar refractivity (Wildman–Crippen MR) is 89.6 cm³/mol. The smallest absolute Gasteiger partial charge is 0.179 e. The summed E-state index contributed by atoms with van der Waals surface area (Å²) in [7, 11) is 1.65. The fourth-order valence-corrected chi connectivity index (χ4v) is 2.45. The highest BCUT2D eigenvalue weighted by atomic mass is 35.5.